The predicted molar refractivity (Wildman–Crippen MR) is 83.2 cm³/mol. The highest BCUT2D eigenvalue weighted by Crippen LogP contribution is 2.29. The van der Waals surface area contributed by atoms with E-state index in [0.29, 0.717) is 0 Å². The van der Waals surface area contributed by atoms with Crippen molar-refractivity contribution in [3.8, 4) is 0 Å². The summed E-state index contributed by atoms with van der Waals surface area (Å²) in [6.45, 7) is 4.60. The van der Waals surface area contributed by atoms with Crippen LogP contribution in [0.5, 0.6) is 0 Å². The first kappa shape index (κ1) is 20.1. The van der Waals surface area contributed by atoms with Crippen molar-refractivity contribution in [2.75, 3.05) is 18.1 Å². The first-order valence-electron chi connectivity index (χ1n) is 7.78. The summed E-state index contributed by atoms with van der Waals surface area (Å²) in [6, 6.07) is 3.13. The van der Waals surface area contributed by atoms with Gasteiger partial charge in [0.2, 0.25) is 0 Å². The number of esters is 1. The number of alkyl halides is 3. The molecule has 1 N–H and O–H groups in total. The van der Waals surface area contributed by atoms with Crippen LogP contribution in [-0.2, 0) is 25.2 Å². The number of aliphatic hydroxyl groups excluding tert-OH is 1. The molecule has 0 aliphatic carbocycles. The zero-order valence-corrected chi connectivity index (χ0v) is 14.4. The fourth-order valence-corrected chi connectivity index (χ4v) is 2.28. The SMILES string of the molecule is CC(C)(C)OC(=O)C(O)[C@H]1OCCN(c2cccc(C(F)(F)F)n2)C1=O. The number of carbonyl (C=O) groups is 2. The Kier molecular flexibility index (Phi) is 5.57. The highest BCUT2D eigenvalue weighted by Gasteiger charge is 2.42. The van der Waals surface area contributed by atoms with E-state index < -0.39 is 41.6 Å². The second-order valence-electron chi connectivity index (χ2n) is 6.64. The minimum absolute atomic E-state index is 0.0648. The number of aromatic nitrogens is 1. The van der Waals surface area contributed by atoms with Gasteiger partial charge in [-0.25, -0.2) is 9.78 Å². The summed E-state index contributed by atoms with van der Waals surface area (Å²) in [6.07, 6.45) is -8.16. The van der Waals surface area contributed by atoms with E-state index in [1.807, 2.05) is 0 Å². The lowest BCUT2D eigenvalue weighted by molar-refractivity contribution is -0.177. The molecule has 10 heteroatoms. The molecule has 1 aromatic heterocycles. The van der Waals surface area contributed by atoms with Gasteiger partial charge in [0.05, 0.1) is 13.2 Å². The maximum atomic E-state index is 12.8. The summed E-state index contributed by atoms with van der Waals surface area (Å²) in [5.74, 6) is -2.18. The molecule has 1 amide bonds. The van der Waals surface area contributed by atoms with Crippen LogP contribution >= 0.6 is 0 Å². The lowest BCUT2D eigenvalue weighted by atomic mass is 10.1. The molecule has 1 unspecified atom stereocenters. The molecule has 0 radical (unpaired) electrons. The van der Waals surface area contributed by atoms with E-state index >= 15 is 0 Å². The Labute approximate surface area is 147 Å². The molecule has 1 fully saturated rings. The molecule has 2 rings (SSSR count). The highest BCUT2D eigenvalue weighted by molar-refractivity contribution is 5.99. The zero-order chi connectivity index (χ0) is 19.7. The number of pyridine rings is 1. The molecule has 1 aromatic rings. The lowest BCUT2D eigenvalue weighted by Crippen LogP contribution is -2.55. The minimum Gasteiger partial charge on any atom is -0.458 e. The Morgan fingerprint density at radius 2 is 2.04 bits per heavy atom. The fraction of sp³-hybridized carbons (Fsp3) is 0.562. The van der Waals surface area contributed by atoms with Crippen molar-refractivity contribution in [1.82, 2.24) is 4.98 Å². The van der Waals surface area contributed by atoms with Crippen molar-refractivity contribution >= 4 is 17.7 Å². The van der Waals surface area contributed by atoms with Crippen LogP contribution < -0.4 is 4.90 Å². The largest absolute Gasteiger partial charge is 0.458 e. The molecule has 1 aliphatic heterocycles. The Hall–Kier alpha value is -2.20. The highest BCUT2D eigenvalue weighted by atomic mass is 19.4. The summed E-state index contributed by atoms with van der Waals surface area (Å²) in [7, 11) is 0. The average molecular weight is 376 g/mol. The number of rotatable bonds is 3. The molecule has 2 heterocycles. The average Bonchev–Trinajstić information content (AvgIpc) is 2.52. The van der Waals surface area contributed by atoms with Gasteiger partial charge in [0.25, 0.3) is 5.91 Å². The van der Waals surface area contributed by atoms with Crippen molar-refractivity contribution in [1.29, 1.82) is 0 Å². The van der Waals surface area contributed by atoms with Gasteiger partial charge in [-0.05, 0) is 32.9 Å². The molecule has 2 atom stereocenters. The second-order valence-corrected chi connectivity index (χ2v) is 6.64. The van der Waals surface area contributed by atoms with E-state index in [0.717, 1.165) is 17.0 Å². The molecule has 1 aliphatic rings. The summed E-state index contributed by atoms with van der Waals surface area (Å²) in [5.41, 5.74) is -2.04. The van der Waals surface area contributed by atoms with Crippen molar-refractivity contribution < 1.29 is 37.3 Å². The molecule has 0 saturated carbocycles. The number of ether oxygens (including phenoxy) is 2. The van der Waals surface area contributed by atoms with Crippen molar-refractivity contribution in [3.63, 3.8) is 0 Å². The van der Waals surface area contributed by atoms with Crippen LogP contribution in [0.4, 0.5) is 19.0 Å². The Bertz CT molecular complexity index is 687. The van der Waals surface area contributed by atoms with Crippen LogP contribution in [-0.4, -0.2) is 52.9 Å². The van der Waals surface area contributed by atoms with E-state index in [9.17, 15) is 27.9 Å². The first-order chi connectivity index (χ1) is 11.9. The van der Waals surface area contributed by atoms with Crippen molar-refractivity contribution in [2.45, 2.75) is 44.8 Å². The van der Waals surface area contributed by atoms with Gasteiger partial charge in [0.15, 0.2) is 12.2 Å². The maximum absolute atomic E-state index is 12.8. The molecule has 0 spiro atoms. The second kappa shape index (κ2) is 7.20. The summed E-state index contributed by atoms with van der Waals surface area (Å²) in [4.78, 5) is 28.8. The normalized spacial score (nSPS) is 20.0. The lowest BCUT2D eigenvalue weighted by Gasteiger charge is -2.34. The molecule has 26 heavy (non-hydrogen) atoms. The third kappa shape index (κ3) is 4.70. The number of carbonyl (C=O) groups excluding carboxylic acids is 2. The smallest absolute Gasteiger partial charge is 0.433 e. The summed E-state index contributed by atoms with van der Waals surface area (Å²) >= 11 is 0. The van der Waals surface area contributed by atoms with Gasteiger partial charge in [-0.15, -0.1) is 0 Å². The number of halogens is 3. The van der Waals surface area contributed by atoms with Gasteiger partial charge in [-0.2, -0.15) is 13.2 Å². The topological polar surface area (TPSA) is 89.0 Å². The van der Waals surface area contributed by atoms with Crippen molar-refractivity contribution in [2.24, 2.45) is 0 Å². The Morgan fingerprint density at radius 3 is 2.62 bits per heavy atom. The van der Waals surface area contributed by atoms with E-state index in [1.54, 1.807) is 20.8 Å². The van der Waals surface area contributed by atoms with E-state index in [1.165, 1.54) is 6.07 Å². The number of morpholine rings is 1. The van der Waals surface area contributed by atoms with Gasteiger partial charge in [0.1, 0.15) is 17.1 Å². The summed E-state index contributed by atoms with van der Waals surface area (Å²) in [5, 5.41) is 10.1. The van der Waals surface area contributed by atoms with Crippen LogP contribution in [0.15, 0.2) is 18.2 Å². The molecule has 144 valence electrons. The molecule has 0 aromatic carbocycles. The standard InChI is InChI=1S/C16H19F3N2O5/c1-15(2,3)26-14(24)11(22)12-13(23)21(7-8-25-12)10-6-4-5-9(20-10)16(17,18)19/h4-6,11-12,22H,7-8H2,1-3H3/t11?,12-/m1/s1. The number of nitrogens with zero attached hydrogens (tertiary/aromatic N) is 2. The van der Waals surface area contributed by atoms with E-state index in [2.05, 4.69) is 4.98 Å². The zero-order valence-electron chi connectivity index (χ0n) is 14.4. The van der Waals surface area contributed by atoms with Crippen molar-refractivity contribution in [3.05, 3.63) is 23.9 Å². The number of hydrogen-bond donors (Lipinski definition) is 1. The van der Waals surface area contributed by atoms with Gasteiger partial charge < -0.3 is 14.6 Å². The maximum Gasteiger partial charge on any atom is 0.433 e. The van der Waals surface area contributed by atoms with Gasteiger partial charge in [-0.1, -0.05) is 6.07 Å². The quantitative estimate of drug-likeness (QED) is 0.805. The number of aliphatic hydroxyl groups is 1. The van der Waals surface area contributed by atoms with Crippen LogP contribution in [0.2, 0.25) is 0 Å². The van der Waals surface area contributed by atoms with Gasteiger partial charge in [0, 0.05) is 0 Å². The number of amides is 1. The molecule has 1 saturated heterocycles. The van der Waals surface area contributed by atoms with Crippen LogP contribution in [0, 0.1) is 0 Å². The number of hydrogen-bond acceptors (Lipinski definition) is 6. The third-order valence-corrected chi connectivity index (χ3v) is 3.36. The number of anilines is 1. The predicted octanol–water partition coefficient (Wildman–Crippen LogP) is 1.53. The third-order valence-electron chi connectivity index (χ3n) is 3.36. The minimum atomic E-state index is -4.67. The van der Waals surface area contributed by atoms with Crippen LogP contribution in [0.3, 0.4) is 0 Å². The fourth-order valence-electron chi connectivity index (χ4n) is 2.28. The Morgan fingerprint density at radius 1 is 1.38 bits per heavy atom. The molecule has 0 bridgehead atoms. The summed E-state index contributed by atoms with van der Waals surface area (Å²) < 4.78 is 48.6. The van der Waals surface area contributed by atoms with E-state index in [4.69, 9.17) is 9.47 Å². The Balaban J connectivity index is 2.21. The molecule has 7 nitrogen and oxygen atoms in total. The van der Waals surface area contributed by atoms with E-state index in [-0.39, 0.29) is 19.0 Å². The van der Waals surface area contributed by atoms with Gasteiger partial charge >= 0.3 is 12.1 Å². The molecular formula is C16H19F3N2O5. The van der Waals surface area contributed by atoms with Crippen LogP contribution in [0.25, 0.3) is 0 Å². The monoisotopic (exact) mass is 376 g/mol. The van der Waals surface area contributed by atoms with Gasteiger partial charge in [-0.3, -0.25) is 9.69 Å². The van der Waals surface area contributed by atoms with Crippen LogP contribution in [0.1, 0.15) is 26.5 Å². The molecular weight excluding hydrogens is 357 g/mol. The first-order valence-corrected chi connectivity index (χ1v) is 7.78.